The molecule has 0 bridgehead atoms. The Hall–Kier alpha value is -3.10. The quantitative estimate of drug-likeness (QED) is 0.284. The Morgan fingerprint density at radius 1 is 0.571 bits per heavy atom. The number of hydrogen-bond donors (Lipinski definition) is 0. The van der Waals surface area contributed by atoms with Gasteiger partial charge >= 0.3 is 0 Å². The van der Waals surface area contributed by atoms with Gasteiger partial charge in [-0.1, -0.05) is 94.8 Å². The minimum absolute atomic E-state index is 0.876. The molecule has 0 amide bonds. The van der Waals surface area contributed by atoms with E-state index in [2.05, 4.69) is 94.8 Å². The molecule has 0 radical (unpaired) electrons. The first-order valence-electron chi connectivity index (χ1n) is 9.23. The smallest absolute Gasteiger partial charge is 0.135 e. The Morgan fingerprint density at radius 3 is 1.82 bits per heavy atom. The number of hydrogen-bond acceptors (Lipinski definition) is 1. The second-order valence-corrected chi connectivity index (χ2v) is 7.64. The topological polar surface area (TPSA) is 9.23 Å². The normalized spacial score (nSPS) is 12.0. The molecular weight excluding hydrogens is 408 g/mol. The first kappa shape index (κ1) is 17.0. The van der Waals surface area contributed by atoms with Crippen molar-refractivity contribution in [2.75, 3.05) is 0 Å². The predicted octanol–water partition coefficient (Wildman–Crippen LogP) is 7.56. The molecule has 1 heterocycles. The van der Waals surface area contributed by atoms with Gasteiger partial charge in [0.25, 0.3) is 0 Å². The highest BCUT2D eigenvalue weighted by molar-refractivity contribution is 9.10. The van der Waals surface area contributed by atoms with Gasteiger partial charge in [-0.05, 0) is 41.0 Å². The number of ether oxygens (including phenoxy) is 1. The van der Waals surface area contributed by atoms with Gasteiger partial charge in [0.05, 0.1) is 0 Å². The number of benzene rings is 4. The van der Waals surface area contributed by atoms with Crippen LogP contribution in [0.1, 0.15) is 22.3 Å². The maximum atomic E-state index is 6.23. The van der Waals surface area contributed by atoms with Gasteiger partial charge < -0.3 is 4.74 Å². The summed E-state index contributed by atoms with van der Waals surface area (Å²) in [5.74, 6) is 1.76. The number of para-hydroxylation sites is 1. The summed E-state index contributed by atoms with van der Waals surface area (Å²) in [6.45, 7) is 0. The molecule has 0 N–H and O–H groups in total. The van der Waals surface area contributed by atoms with Gasteiger partial charge in [-0.2, -0.15) is 0 Å². The van der Waals surface area contributed by atoms with E-state index in [1.54, 1.807) is 0 Å². The molecule has 134 valence electrons. The zero-order valence-electron chi connectivity index (χ0n) is 15.1. The highest BCUT2D eigenvalue weighted by Gasteiger charge is 2.26. The largest absolute Gasteiger partial charge is 0.456 e. The predicted molar refractivity (Wildman–Crippen MR) is 119 cm³/mol. The van der Waals surface area contributed by atoms with Crippen LogP contribution in [0.15, 0.2) is 108 Å². The lowest BCUT2D eigenvalue weighted by Gasteiger charge is -2.26. The molecule has 4 aromatic rings. The average molecular weight is 425 g/mol. The molecule has 1 nitrogen and oxygen atoms in total. The Labute approximate surface area is 173 Å². The Bertz CT molecular complexity index is 1140. The van der Waals surface area contributed by atoms with E-state index in [0.29, 0.717) is 0 Å². The summed E-state index contributed by atoms with van der Waals surface area (Å²) in [5.41, 5.74) is 6.97. The molecule has 0 aromatic heterocycles. The minimum atomic E-state index is 0.876. The monoisotopic (exact) mass is 424 g/mol. The molecule has 5 rings (SSSR count). The molecule has 0 spiro atoms. The van der Waals surface area contributed by atoms with Crippen LogP contribution >= 0.6 is 15.9 Å². The number of fused-ring (bicyclic) bond motifs is 2. The van der Waals surface area contributed by atoms with Crippen molar-refractivity contribution in [3.05, 3.63) is 130 Å². The highest BCUT2D eigenvalue weighted by Crippen LogP contribution is 2.48. The molecule has 0 atom stereocenters. The first-order valence-corrected chi connectivity index (χ1v) is 10.0. The van der Waals surface area contributed by atoms with Crippen LogP contribution in [0.4, 0.5) is 0 Å². The van der Waals surface area contributed by atoms with Crippen LogP contribution in [0.2, 0.25) is 0 Å². The van der Waals surface area contributed by atoms with Crippen LogP contribution < -0.4 is 4.74 Å². The fourth-order valence-corrected chi connectivity index (χ4v) is 4.11. The van der Waals surface area contributed by atoms with Gasteiger partial charge in [-0.25, -0.2) is 0 Å². The molecule has 0 aliphatic carbocycles. The fraction of sp³-hybridized carbons (Fsp3) is 0. The van der Waals surface area contributed by atoms with Crippen molar-refractivity contribution in [2.45, 2.75) is 0 Å². The lowest BCUT2D eigenvalue weighted by Crippen LogP contribution is -2.05. The molecule has 0 fully saturated rings. The summed E-state index contributed by atoms with van der Waals surface area (Å²) in [4.78, 5) is 0. The third-order valence-electron chi connectivity index (χ3n) is 4.96. The van der Waals surface area contributed by atoms with Crippen LogP contribution in [0.5, 0.6) is 11.5 Å². The molecule has 0 saturated heterocycles. The van der Waals surface area contributed by atoms with Crippen molar-refractivity contribution < 1.29 is 4.74 Å². The average Bonchev–Trinajstić information content (AvgIpc) is 2.75. The van der Waals surface area contributed by atoms with E-state index >= 15 is 0 Å². The van der Waals surface area contributed by atoms with Crippen molar-refractivity contribution in [1.29, 1.82) is 0 Å². The van der Waals surface area contributed by atoms with Gasteiger partial charge in [-0.15, -0.1) is 0 Å². The van der Waals surface area contributed by atoms with E-state index in [1.807, 2.05) is 24.3 Å². The van der Waals surface area contributed by atoms with Gasteiger partial charge in [-0.3, -0.25) is 0 Å². The second-order valence-electron chi connectivity index (χ2n) is 6.72. The van der Waals surface area contributed by atoms with Crippen molar-refractivity contribution in [2.24, 2.45) is 0 Å². The maximum absolute atomic E-state index is 6.23. The van der Waals surface area contributed by atoms with E-state index in [1.165, 1.54) is 22.3 Å². The molecular formula is C26H17BrO. The highest BCUT2D eigenvalue weighted by atomic mass is 79.9. The van der Waals surface area contributed by atoms with Crippen LogP contribution in [-0.2, 0) is 0 Å². The van der Waals surface area contributed by atoms with Gasteiger partial charge in [0.15, 0.2) is 0 Å². The third-order valence-corrected chi connectivity index (χ3v) is 5.46. The standard InChI is InChI=1S/C26H17BrO/c27-20-15-16-24-22(17-20)26(21-13-7-8-14-23(21)28-24)25(18-9-3-1-4-10-18)19-11-5-2-6-12-19/h1-17H. The van der Waals surface area contributed by atoms with Crippen molar-refractivity contribution in [3.63, 3.8) is 0 Å². The molecule has 1 aliphatic rings. The van der Waals surface area contributed by atoms with Gasteiger partial charge in [0.2, 0.25) is 0 Å². The Balaban J connectivity index is 1.93. The number of rotatable bonds is 2. The molecule has 28 heavy (non-hydrogen) atoms. The van der Waals surface area contributed by atoms with Crippen molar-refractivity contribution in [1.82, 2.24) is 0 Å². The SMILES string of the molecule is Brc1ccc2c(c1)C(=C(c1ccccc1)c1ccccc1)c1ccccc1O2. The number of halogens is 1. The van der Waals surface area contributed by atoms with E-state index in [4.69, 9.17) is 4.74 Å². The zero-order chi connectivity index (χ0) is 18.9. The zero-order valence-corrected chi connectivity index (χ0v) is 16.7. The van der Waals surface area contributed by atoms with Gasteiger partial charge in [0, 0.05) is 21.2 Å². The van der Waals surface area contributed by atoms with Crippen LogP contribution in [0.25, 0.3) is 11.1 Å². The lowest BCUT2D eigenvalue weighted by molar-refractivity contribution is 0.474. The van der Waals surface area contributed by atoms with E-state index < -0.39 is 0 Å². The van der Waals surface area contributed by atoms with E-state index in [9.17, 15) is 0 Å². The summed E-state index contributed by atoms with van der Waals surface area (Å²) in [6.07, 6.45) is 0. The lowest BCUT2D eigenvalue weighted by atomic mass is 9.84. The summed E-state index contributed by atoms with van der Waals surface area (Å²) >= 11 is 3.64. The fourth-order valence-electron chi connectivity index (χ4n) is 3.75. The summed E-state index contributed by atoms with van der Waals surface area (Å²) < 4.78 is 7.26. The molecule has 0 saturated carbocycles. The third kappa shape index (κ3) is 2.96. The minimum Gasteiger partial charge on any atom is -0.456 e. The molecule has 0 unspecified atom stereocenters. The summed E-state index contributed by atoms with van der Waals surface area (Å²) in [7, 11) is 0. The van der Waals surface area contributed by atoms with Crippen LogP contribution in [0, 0.1) is 0 Å². The second kappa shape index (κ2) is 7.14. The van der Waals surface area contributed by atoms with Crippen molar-refractivity contribution in [3.8, 4) is 11.5 Å². The summed E-state index contributed by atoms with van der Waals surface area (Å²) in [6, 6.07) is 35.6. The van der Waals surface area contributed by atoms with Crippen LogP contribution in [0.3, 0.4) is 0 Å². The van der Waals surface area contributed by atoms with E-state index in [-0.39, 0.29) is 0 Å². The molecule has 2 heteroatoms. The molecule has 4 aromatic carbocycles. The first-order chi connectivity index (χ1) is 13.8. The van der Waals surface area contributed by atoms with E-state index in [0.717, 1.165) is 27.1 Å². The molecule has 1 aliphatic heterocycles. The van der Waals surface area contributed by atoms with Gasteiger partial charge in [0.1, 0.15) is 11.5 Å². The Kier molecular flexibility index (Phi) is 4.34. The van der Waals surface area contributed by atoms with Crippen molar-refractivity contribution >= 4 is 27.1 Å². The Morgan fingerprint density at radius 2 is 1.14 bits per heavy atom. The van der Waals surface area contributed by atoms with Crippen LogP contribution in [-0.4, -0.2) is 0 Å². The maximum Gasteiger partial charge on any atom is 0.135 e. The summed E-state index contributed by atoms with van der Waals surface area (Å²) in [5, 5.41) is 0.